The number of hydrogen-bond donors (Lipinski definition) is 2. The molecule has 3 atom stereocenters. The summed E-state index contributed by atoms with van der Waals surface area (Å²) >= 11 is 1.88. The van der Waals surface area contributed by atoms with Crippen molar-refractivity contribution in [1.29, 1.82) is 0 Å². The third kappa shape index (κ3) is 3.07. The van der Waals surface area contributed by atoms with Gasteiger partial charge in [-0.15, -0.1) is 11.3 Å². The first-order valence-corrected chi connectivity index (χ1v) is 8.06. The summed E-state index contributed by atoms with van der Waals surface area (Å²) in [5, 5.41) is 13.9. The molecule has 2 aliphatic carbocycles. The molecule has 0 amide bonds. The first-order valence-electron chi connectivity index (χ1n) is 7.24. The topological polar surface area (TPSA) is 45.2 Å². The van der Waals surface area contributed by atoms with Crippen LogP contribution in [0, 0.1) is 11.8 Å². The maximum Gasteiger partial charge on any atom is 0.107 e. The zero-order valence-electron chi connectivity index (χ0n) is 11.4. The van der Waals surface area contributed by atoms with E-state index in [9.17, 15) is 0 Å². The Kier molecular flexibility index (Phi) is 4.01. The fourth-order valence-corrected chi connectivity index (χ4v) is 4.18. The van der Waals surface area contributed by atoms with Crippen LogP contribution in [0.1, 0.15) is 35.3 Å². The number of aliphatic hydroxyl groups excluding tert-OH is 1. The van der Waals surface area contributed by atoms with Crippen molar-refractivity contribution in [2.75, 3.05) is 6.61 Å². The van der Waals surface area contributed by atoms with Gasteiger partial charge in [-0.2, -0.15) is 0 Å². The van der Waals surface area contributed by atoms with Crippen LogP contribution < -0.4 is 5.32 Å². The van der Waals surface area contributed by atoms with Crippen molar-refractivity contribution in [3.8, 4) is 0 Å². The average Bonchev–Trinajstić information content (AvgIpc) is 3.01. The van der Waals surface area contributed by atoms with Gasteiger partial charge in [0.05, 0.1) is 5.69 Å². The number of thiazole rings is 1. The summed E-state index contributed by atoms with van der Waals surface area (Å²) in [4.78, 5) is 6.27. The lowest BCUT2D eigenvalue weighted by Crippen LogP contribution is -2.26. The number of nitrogens with one attached hydrogen (secondary N) is 1. The van der Waals surface area contributed by atoms with Crippen LogP contribution in [-0.2, 0) is 19.4 Å². The molecule has 0 saturated carbocycles. The van der Waals surface area contributed by atoms with E-state index in [1.54, 1.807) is 0 Å². The highest BCUT2D eigenvalue weighted by molar-refractivity contribution is 7.11. The summed E-state index contributed by atoms with van der Waals surface area (Å²) in [7, 11) is 0. The van der Waals surface area contributed by atoms with Gasteiger partial charge in [-0.1, -0.05) is 19.1 Å². The molecule has 0 aromatic carbocycles. The van der Waals surface area contributed by atoms with Gasteiger partial charge in [0.1, 0.15) is 5.01 Å². The quantitative estimate of drug-likeness (QED) is 0.831. The van der Waals surface area contributed by atoms with E-state index in [2.05, 4.69) is 24.4 Å². The fourth-order valence-electron chi connectivity index (χ4n) is 2.95. The van der Waals surface area contributed by atoms with Gasteiger partial charge in [0.15, 0.2) is 0 Å². The van der Waals surface area contributed by atoms with E-state index in [0.717, 1.165) is 25.3 Å². The second-order valence-corrected chi connectivity index (χ2v) is 7.04. The zero-order chi connectivity index (χ0) is 13.2. The Morgan fingerprint density at radius 2 is 2.37 bits per heavy atom. The summed E-state index contributed by atoms with van der Waals surface area (Å²) < 4.78 is 0. The first-order chi connectivity index (χ1) is 9.24. The second kappa shape index (κ2) is 5.73. The molecular formula is C15H22N2OS. The Hall–Kier alpha value is -0.710. The van der Waals surface area contributed by atoms with Gasteiger partial charge in [-0.3, -0.25) is 0 Å². The number of aliphatic hydroxyl groups is 1. The van der Waals surface area contributed by atoms with Crippen LogP contribution >= 0.6 is 11.3 Å². The monoisotopic (exact) mass is 278 g/mol. The lowest BCUT2D eigenvalue weighted by atomic mass is 9.93. The number of fused-ring (bicyclic) bond motifs is 1. The lowest BCUT2D eigenvalue weighted by molar-refractivity contribution is 0.246. The second-order valence-electron chi connectivity index (χ2n) is 5.88. The molecule has 3 nitrogen and oxygen atoms in total. The molecule has 19 heavy (non-hydrogen) atoms. The minimum absolute atomic E-state index is 0.262. The molecule has 2 aliphatic rings. The van der Waals surface area contributed by atoms with Crippen LogP contribution in [0.5, 0.6) is 0 Å². The average molecular weight is 278 g/mol. The van der Waals surface area contributed by atoms with Crippen LogP contribution in [0.4, 0.5) is 0 Å². The molecule has 1 heterocycles. The summed E-state index contributed by atoms with van der Waals surface area (Å²) in [5.74, 6) is 1.15. The normalized spacial score (nSPS) is 29.7. The molecule has 1 unspecified atom stereocenters. The van der Waals surface area contributed by atoms with E-state index in [-0.39, 0.29) is 6.61 Å². The van der Waals surface area contributed by atoms with Gasteiger partial charge >= 0.3 is 0 Å². The van der Waals surface area contributed by atoms with Gasteiger partial charge in [0.25, 0.3) is 0 Å². The SMILES string of the molecule is CC1CCc2nc(CN[C@@H]3C=C[C@H](CO)C3)sc2C1. The Morgan fingerprint density at radius 3 is 3.16 bits per heavy atom. The molecule has 0 radical (unpaired) electrons. The summed E-state index contributed by atoms with van der Waals surface area (Å²) in [6.07, 6.45) is 8.96. The molecule has 0 aliphatic heterocycles. The summed E-state index contributed by atoms with van der Waals surface area (Å²) in [6, 6.07) is 0.400. The van der Waals surface area contributed by atoms with E-state index in [4.69, 9.17) is 10.1 Å². The molecule has 0 fully saturated rings. The summed E-state index contributed by atoms with van der Waals surface area (Å²) in [5.41, 5.74) is 1.34. The van der Waals surface area contributed by atoms with E-state index >= 15 is 0 Å². The molecule has 2 N–H and O–H groups in total. The maximum absolute atomic E-state index is 9.12. The highest BCUT2D eigenvalue weighted by Gasteiger charge is 2.21. The predicted molar refractivity (Wildman–Crippen MR) is 78.3 cm³/mol. The molecule has 0 saturated heterocycles. The Bertz CT molecular complexity index is 469. The highest BCUT2D eigenvalue weighted by Crippen LogP contribution is 2.29. The van der Waals surface area contributed by atoms with Crippen molar-refractivity contribution >= 4 is 11.3 Å². The van der Waals surface area contributed by atoms with Crippen molar-refractivity contribution < 1.29 is 5.11 Å². The van der Waals surface area contributed by atoms with Crippen molar-refractivity contribution in [2.24, 2.45) is 11.8 Å². The molecule has 104 valence electrons. The highest BCUT2D eigenvalue weighted by atomic mass is 32.1. The van der Waals surface area contributed by atoms with E-state index in [0.29, 0.717) is 12.0 Å². The molecule has 3 rings (SSSR count). The van der Waals surface area contributed by atoms with Crippen LogP contribution in [0.2, 0.25) is 0 Å². The fraction of sp³-hybridized carbons (Fsp3) is 0.667. The van der Waals surface area contributed by atoms with Gasteiger partial charge in [-0.05, 0) is 31.6 Å². The smallest absolute Gasteiger partial charge is 0.107 e. The van der Waals surface area contributed by atoms with Crippen molar-refractivity contribution in [1.82, 2.24) is 10.3 Å². The van der Waals surface area contributed by atoms with E-state index < -0.39 is 0 Å². The Labute approximate surface area is 118 Å². The van der Waals surface area contributed by atoms with Gasteiger partial charge in [0, 0.05) is 30.0 Å². The standard InChI is InChI=1S/C15H22N2OS/c1-10-2-5-13-14(6-10)19-15(17-13)8-16-12-4-3-11(7-12)9-18/h3-4,10-12,16,18H,2,5-9H2,1H3/t10?,11-,12+/m0/s1. The third-order valence-electron chi connectivity index (χ3n) is 4.15. The Morgan fingerprint density at radius 1 is 1.47 bits per heavy atom. The number of nitrogens with zero attached hydrogens (tertiary/aromatic N) is 1. The molecule has 1 aromatic heterocycles. The van der Waals surface area contributed by atoms with Crippen molar-refractivity contribution in [2.45, 2.75) is 45.2 Å². The van der Waals surface area contributed by atoms with Crippen molar-refractivity contribution in [3.63, 3.8) is 0 Å². The van der Waals surface area contributed by atoms with Gasteiger partial charge in [0.2, 0.25) is 0 Å². The molecular weight excluding hydrogens is 256 g/mol. The first kappa shape index (κ1) is 13.3. The number of hydrogen-bond acceptors (Lipinski definition) is 4. The van der Waals surface area contributed by atoms with E-state index in [1.807, 2.05) is 11.3 Å². The lowest BCUT2D eigenvalue weighted by Gasteiger charge is -2.15. The van der Waals surface area contributed by atoms with Crippen LogP contribution in [-0.4, -0.2) is 22.7 Å². The van der Waals surface area contributed by atoms with Crippen LogP contribution in [0.15, 0.2) is 12.2 Å². The maximum atomic E-state index is 9.12. The van der Waals surface area contributed by atoms with Crippen molar-refractivity contribution in [3.05, 3.63) is 27.7 Å². The summed E-state index contributed by atoms with van der Waals surface area (Å²) in [6.45, 7) is 3.45. The number of rotatable bonds is 4. The number of aromatic nitrogens is 1. The molecule has 0 spiro atoms. The minimum atomic E-state index is 0.262. The number of aryl methyl sites for hydroxylation is 1. The van der Waals surface area contributed by atoms with Gasteiger partial charge in [-0.25, -0.2) is 4.98 Å². The molecule has 1 aromatic rings. The Balaban J connectivity index is 1.55. The zero-order valence-corrected chi connectivity index (χ0v) is 12.2. The predicted octanol–water partition coefficient (Wildman–Crippen LogP) is 2.29. The van der Waals surface area contributed by atoms with E-state index in [1.165, 1.54) is 28.4 Å². The van der Waals surface area contributed by atoms with Crippen LogP contribution in [0.3, 0.4) is 0 Å². The van der Waals surface area contributed by atoms with Gasteiger partial charge < -0.3 is 10.4 Å². The minimum Gasteiger partial charge on any atom is -0.396 e. The largest absolute Gasteiger partial charge is 0.396 e. The molecule has 0 bridgehead atoms. The molecule has 4 heteroatoms. The van der Waals surface area contributed by atoms with Crippen LogP contribution in [0.25, 0.3) is 0 Å². The third-order valence-corrected chi connectivity index (χ3v) is 5.27.